The zero-order valence-corrected chi connectivity index (χ0v) is 14.5. The molecular formula is C18H12ClFN2O5. The summed E-state index contributed by atoms with van der Waals surface area (Å²) in [6.45, 7) is -1.21. The van der Waals surface area contributed by atoms with Gasteiger partial charge in [-0.05, 0) is 30.3 Å². The highest BCUT2D eigenvalue weighted by atomic mass is 35.5. The minimum absolute atomic E-state index is 0.116. The number of para-hydroxylation sites is 1. The van der Waals surface area contributed by atoms with Crippen LogP contribution in [-0.2, 0) is 19.1 Å². The Kier molecular flexibility index (Phi) is 5.18. The van der Waals surface area contributed by atoms with Crippen LogP contribution in [0.2, 0.25) is 5.02 Å². The summed E-state index contributed by atoms with van der Waals surface area (Å²) < 4.78 is 18.4. The predicted octanol–water partition coefficient (Wildman–Crippen LogP) is 2.19. The molecule has 0 saturated carbocycles. The second kappa shape index (κ2) is 7.55. The zero-order chi connectivity index (χ0) is 19.6. The first-order chi connectivity index (χ1) is 12.9. The van der Waals surface area contributed by atoms with Gasteiger partial charge in [-0.3, -0.25) is 24.1 Å². The van der Waals surface area contributed by atoms with Gasteiger partial charge in [0.25, 0.3) is 17.6 Å². The third-order valence-corrected chi connectivity index (χ3v) is 3.97. The van der Waals surface area contributed by atoms with Crippen molar-refractivity contribution in [2.75, 3.05) is 23.4 Å². The number of amides is 2. The molecule has 0 unspecified atom stereocenters. The molecule has 0 radical (unpaired) electrons. The molecule has 0 atom stereocenters. The second-order valence-corrected chi connectivity index (χ2v) is 6.01. The van der Waals surface area contributed by atoms with Crippen LogP contribution in [0.25, 0.3) is 0 Å². The highest BCUT2D eigenvalue weighted by Gasteiger charge is 2.36. The fraction of sp³-hybridized carbons (Fsp3) is 0.111. The molecule has 7 nitrogen and oxygen atoms in total. The monoisotopic (exact) mass is 390 g/mol. The van der Waals surface area contributed by atoms with Gasteiger partial charge in [-0.25, -0.2) is 4.39 Å². The van der Waals surface area contributed by atoms with Crippen molar-refractivity contribution in [3.8, 4) is 0 Å². The van der Waals surface area contributed by atoms with Gasteiger partial charge in [-0.1, -0.05) is 23.7 Å². The highest BCUT2D eigenvalue weighted by Crippen LogP contribution is 2.28. The maximum Gasteiger partial charge on any atom is 0.326 e. The summed E-state index contributed by atoms with van der Waals surface area (Å²) in [5, 5.41) is 2.40. The molecule has 2 aromatic carbocycles. The lowest BCUT2D eigenvalue weighted by Gasteiger charge is -2.15. The Morgan fingerprint density at radius 2 is 1.89 bits per heavy atom. The van der Waals surface area contributed by atoms with Crippen LogP contribution in [-0.4, -0.2) is 36.7 Å². The van der Waals surface area contributed by atoms with E-state index in [9.17, 15) is 23.6 Å². The van der Waals surface area contributed by atoms with E-state index in [0.717, 1.165) is 11.0 Å². The van der Waals surface area contributed by atoms with Crippen molar-refractivity contribution >= 4 is 46.5 Å². The number of anilines is 2. The first-order valence-corrected chi connectivity index (χ1v) is 8.10. The molecule has 1 aliphatic rings. The Balaban J connectivity index is 1.56. The number of rotatable bonds is 5. The molecule has 0 saturated heterocycles. The van der Waals surface area contributed by atoms with Crippen molar-refractivity contribution in [2.24, 2.45) is 0 Å². The number of nitrogens with one attached hydrogen (secondary N) is 1. The smallest absolute Gasteiger partial charge is 0.326 e. The molecule has 0 aromatic heterocycles. The summed E-state index contributed by atoms with van der Waals surface area (Å²) in [5.74, 6) is -3.96. The number of ether oxygens (including phenoxy) is 1. The number of halogens is 2. The van der Waals surface area contributed by atoms with E-state index in [4.69, 9.17) is 16.3 Å². The quantitative estimate of drug-likeness (QED) is 0.624. The van der Waals surface area contributed by atoms with Gasteiger partial charge in [0.1, 0.15) is 12.4 Å². The summed E-state index contributed by atoms with van der Waals surface area (Å²) in [7, 11) is 0. The van der Waals surface area contributed by atoms with Crippen LogP contribution in [0.3, 0.4) is 0 Å². The van der Waals surface area contributed by atoms with Crippen LogP contribution >= 0.6 is 11.6 Å². The van der Waals surface area contributed by atoms with Crippen LogP contribution in [0, 0.1) is 5.82 Å². The number of benzene rings is 2. The minimum atomic E-state index is -0.889. The molecule has 0 spiro atoms. The maximum absolute atomic E-state index is 13.6. The lowest BCUT2D eigenvalue weighted by atomic mass is 10.1. The Bertz CT molecular complexity index is 963. The summed E-state index contributed by atoms with van der Waals surface area (Å²) in [6, 6.07) is 9.92. The minimum Gasteiger partial charge on any atom is -0.454 e. The van der Waals surface area contributed by atoms with Crippen LogP contribution in [0.5, 0.6) is 0 Å². The summed E-state index contributed by atoms with van der Waals surface area (Å²) >= 11 is 5.62. The summed E-state index contributed by atoms with van der Waals surface area (Å²) in [6.07, 6.45) is 0. The molecule has 27 heavy (non-hydrogen) atoms. The molecule has 0 aliphatic carbocycles. The van der Waals surface area contributed by atoms with Gasteiger partial charge >= 0.3 is 5.97 Å². The average Bonchev–Trinajstić information content (AvgIpc) is 2.88. The van der Waals surface area contributed by atoms with E-state index in [1.165, 1.54) is 24.3 Å². The molecule has 3 rings (SSSR count). The summed E-state index contributed by atoms with van der Waals surface area (Å²) in [5.41, 5.74) is 0.387. The number of esters is 1. The first kappa shape index (κ1) is 18.5. The van der Waals surface area contributed by atoms with Gasteiger partial charge < -0.3 is 10.1 Å². The van der Waals surface area contributed by atoms with Crippen LogP contribution < -0.4 is 10.2 Å². The number of nitrogens with zero attached hydrogens (tertiary/aromatic N) is 1. The lowest BCUT2D eigenvalue weighted by Crippen LogP contribution is -2.36. The molecule has 9 heteroatoms. The topological polar surface area (TPSA) is 92.8 Å². The number of hydrogen-bond donors (Lipinski definition) is 1. The van der Waals surface area contributed by atoms with E-state index in [1.54, 1.807) is 12.1 Å². The molecule has 0 bridgehead atoms. The summed E-state index contributed by atoms with van der Waals surface area (Å²) in [4.78, 5) is 48.5. The molecule has 1 aliphatic heterocycles. The van der Waals surface area contributed by atoms with E-state index < -0.39 is 42.5 Å². The Morgan fingerprint density at radius 1 is 1.15 bits per heavy atom. The largest absolute Gasteiger partial charge is 0.454 e. The Morgan fingerprint density at radius 3 is 2.63 bits per heavy atom. The van der Waals surface area contributed by atoms with Gasteiger partial charge in [-0.2, -0.15) is 0 Å². The Labute approximate surface area is 157 Å². The van der Waals surface area contributed by atoms with Crippen LogP contribution in [0.4, 0.5) is 15.8 Å². The number of carbonyl (C=O) groups excluding carboxylic acids is 4. The molecular weight excluding hydrogens is 379 g/mol. The Hall–Kier alpha value is -3.26. The van der Waals surface area contributed by atoms with Gasteiger partial charge in [0.05, 0.1) is 16.9 Å². The maximum atomic E-state index is 13.6. The van der Waals surface area contributed by atoms with Gasteiger partial charge in [-0.15, -0.1) is 0 Å². The van der Waals surface area contributed by atoms with Crippen LogP contribution in [0.1, 0.15) is 10.4 Å². The third-order valence-electron chi connectivity index (χ3n) is 3.74. The van der Waals surface area contributed by atoms with E-state index in [-0.39, 0.29) is 16.3 Å². The van der Waals surface area contributed by atoms with Gasteiger partial charge in [0, 0.05) is 5.02 Å². The van der Waals surface area contributed by atoms with E-state index in [0.29, 0.717) is 5.69 Å². The number of carbonyl (C=O) groups is 4. The fourth-order valence-corrected chi connectivity index (χ4v) is 2.66. The molecule has 1 heterocycles. The van der Waals surface area contributed by atoms with Crippen molar-refractivity contribution in [3.63, 3.8) is 0 Å². The second-order valence-electron chi connectivity index (χ2n) is 5.57. The number of ketones is 1. The standard InChI is InChI=1S/C18H12ClFN2O5/c19-10-5-6-13(12(20)7-10)21-15(23)9-27-16(24)8-22-14-4-2-1-3-11(14)17(25)18(22)26/h1-7H,8-9H2,(H,21,23). The SMILES string of the molecule is O=C(COC(=O)CN1C(=O)C(=O)c2ccccc21)Nc1ccc(Cl)cc1F. The van der Waals surface area contributed by atoms with Gasteiger partial charge in [0.2, 0.25) is 0 Å². The van der Waals surface area contributed by atoms with E-state index >= 15 is 0 Å². The van der Waals surface area contributed by atoms with Crippen molar-refractivity contribution in [1.29, 1.82) is 0 Å². The van der Waals surface area contributed by atoms with Crippen LogP contribution in [0.15, 0.2) is 42.5 Å². The van der Waals surface area contributed by atoms with Crippen molar-refractivity contribution in [1.82, 2.24) is 0 Å². The normalized spacial score (nSPS) is 12.7. The number of fused-ring (bicyclic) bond motifs is 1. The fourth-order valence-electron chi connectivity index (χ4n) is 2.50. The molecule has 1 N–H and O–H groups in total. The first-order valence-electron chi connectivity index (χ1n) is 7.72. The third kappa shape index (κ3) is 3.95. The van der Waals surface area contributed by atoms with E-state index in [1.807, 2.05) is 0 Å². The molecule has 2 aromatic rings. The average molecular weight is 391 g/mol. The van der Waals surface area contributed by atoms with Crippen molar-refractivity contribution < 1.29 is 28.3 Å². The molecule has 2 amide bonds. The molecule has 0 fully saturated rings. The van der Waals surface area contributed by atoms with Crippen molar-refractivity contribution in [3.05, 3.63) is 58.9 Å². The van der Waals surface area contributed by atoms with Crippen molar-refractivity contribution in [2.45, 2.75) is 0 Å². The van der Waals surface area contributed by atoms with Gasteiger partial charge in [0.15, 0.2) is 6.61 Å². The number of Topliss-reactive ketones (excluding diaryl/α,β-unsaturated/α-hetero) is 1. The zero-order valence-electron chi connectivity index (χ0n) is 13.7. The van der Waals surface area contributed by atoms with E-state index in [2.05, 4.69) is 5.32 Å². The molecule has 138 valence electrons. The highest BCUT2D eigenvalue weighted by molar-refractivity contribution is 6.52. The number of hydrogen-bond acceptors (Lipinski definition) is 5. The lowest BCUT2D eigenvalue weighted by molar-refractivity contribution is -0.146. The predicted molar refractivity (Wildman–Crippen MR) is 94.1 cm³/mol.